The van der Waals surface area contributed by atoms with Gasteiger partial charge in [-0.2, -0.15) is 0 Å². The van der Waals surface area contributed by atoms with Gasteiger partial charge in [-0.1, -0.05) is 12.1 Å². The molecule has 6 nitrogen and oxygen atoms in total. The van der Waals surface area contributed by atoms with Crippen LogP contribution in [0.4, 0.5) is 0 Å². The number of benzene rings is 2. The summed E-state index contributed by atoms with van der Waals surface area (Å²) in [7, 11) is 1.28. The van der Waals surface area contributed by atoms with Crippen LogP contribution in [-0.4, -0.2) is 38.0 Å². The third kappa shape index (κ3) is 4.91. The molecule has 0 aliphatic heterocycles. The van der Waals surface area contributed by atoms with Crippen LogP contribution in [0.25, 0.3) is 0 Å². The van der Waals surface area contributed by atoms with Gasteiger partial charge in [0.15, 0.2) is 12.4 Å². The smallest absolute Gasteiger partial charge is 0.338 e. The van der Waals surface area contributed by atoms with E-state index in [2.05, 4.69) is 4.74 Å². The van der Waals surface area contributed by atoms with Crippen LogP contribution in [0.15, 0.2) is 48.5 Å². The molecule has 0 radical (unpaired) electrons. The highest BCUT2D eigenvalue weighted by atomic mass is 16.5. The fraction of sp³-hybridized carbons (Fsp3) is 0.211. The molecule has 2 aromatic rings. The van der Waals surface area contributed by atoms with Gasteiger partial charge in [-0.3, -0.25) is 4.79 Å². The average molecular weight is 342 g/mol. The monoisotopic (exact) mass is 342 g/mol. The van der Waals surface area contributed by atoms with Crippen molar-refractivity contribution in [1.29, 1.82) is 0 Å². The van der Waals surface area contributed by atoms with E-state index in [-0.39, 0.29) is 12.4 Å². The zero-order chi connectivity index (χ0) is 18.2. The highest BCUT2D eigenvalue weighted by molar-refractivity contribution is 6.00. The maximum atomic E-state index is 12.1. The molecule has 2 aromatic carbocycles. The summed E-state index contributed by atoms with van der Waals surface area (Å²) in [6.45, 7) is 2.02. The second kappa shape index (κ2) is 8.63. The largest absolute Gasteiger partial charge is 0.494 e. The number of hydrogen-bond donors (Lipinski definition) is 0. The summed E-state index contributed by atoms with van der Waals surface area (Å²) in [5, 5.41) is 0. The van der Waals surface area contributed by atoms with Gasteiger partial charge < -0.3 is 14.2 Å². The highest BCUT2D eigenvalue weighted by Crippen LogP contribution is 2.13. The SMILES string of the molecule is CCOc1ccc(C(=O)OCC(=O)c2ccc(C(=O)OC)cc2)cc1. The van der Waals surface area contributed by atoms with Crippen molar-refractivity contribution in [2.75, 3.05) is 20.3 Å². The molecular formula is C19H18O6. The standard InChI is InChI=1S/C19H18O6/c1-3-24-16-10-8-15(9-11-16)19(22)25-12-17(20)13-4-6-14(7-5-13)18(21)23-2/h4-11H,3,12H2,1-2H3. The third-order valence-corrected chi connectivity index (χ3v) is 3.36. The van der Waals surface area contributed by atoms with Crippen molar-refractivity contribution in [3.05, 3.63) is 65.2 Å². The molecule has 0 aliphatic carbocycles. The Hall–Kier alpha value is -3.15. The van der Waals surface area contributed by atoms with E-state index in [0.29, 0.717) is 29.0 Å². The van der Waals surface area contributed by atoms with Gasteiger partial charge in [0.1, 0.15) is 5.75 Å². The van der Waals surface area contributed by atoms with Crippen molar-refractivity contribution in [2.24, 2.45) is 0 Å². The lowest BCUT2D eigenvalue weighted by molar-refractivity contribution is 0.0474. The van der Waals surface area contributed by atoms with Crippen LogP contribution in [0.1, 0.15) is 38.0 Å². The molecule has 0 aromatic heterocycles. The van der Waals surface area contributed by atoms with Gasteiger partial charge in [-0.25, -0.2) is 9.59 Å². The number of hydrogen-bond acceptors (Lipinski definition) is 6. The summed E-state index contributed by atoms with van der Waals surface area (Å²) in [6.07, 6.45) is 0. The average Bonchev–Trinajstić information content (AvgIpc) is 2.66. The molecule has 0 heterocycles. The molecule has 6 heteroatoms. The first-order valence-electron chi connectivity index (χ1n) is 7.66. The molecule has 0 amide bonds. The Morgan fingerprint density at radius 1 is 0.800 bits per heavy atom. The Bertz CT molecular complexity index is 746. The lowest BCUT2D eigenvalue weighted by Gasteiger charge is -2.06. The van der Waals surface area contributed by atoms with Crippen molar-refractivity contribution in [2.45, 2.75) is 6.92 Å². The number of carbonyl (C=O) groups is 3. The molecule has 2 rings (SSSR count). The van der Waals surface area contributed by atoms with Gasteiger partial charge >= 0.3 is 11.9 Å². The van der Waals surface area contributed by atoms with Crippen LogP contribution in [0, 0.1) is 0 Å². The minimum absolute atomic E-state index is 0.331. The van der Waals surface area contributed by atoms with E-state index in [1.165, 1.54) is 31.4 Å². The normalized spacial score (nSPS) is 10.0. The molecule has 0 saturated heterocycles. The Balaban J connectivity index is 1.92. The Labute approximate surface area is 145 Å². The number of rotatable bonds is 7. The van der Waals surface area contributed by atoms with Crippen LogP contribution in [0.5, 0.6) is 5.75 Å². The van der Waals surface area contributed by atoms with Crippen molar-refractivity contribution in [3.8, 4) is 5.75 Å². The zero-order valence-corrected chi connectivity index (χ0v) is 14.0. The fourth-order valence-electron chi connectivity index (χ4n) is 2.06. The van der Waals surface area contributed by atoms with Crippen LogP contribution < -0.4 is 4.74 Å². The lowest BCUT2D eigenvalue weighted by atomic mass is 10.1. The molecule has 0 fully saturated rings. The Morgan fingerprint density at radius 2 is 1.32 bits per heavy atom. The number of ketones is 1. The Kier molecular flexibility index (Phi) is 6.28. The van der Waals surface area contributed by atoms with E-state index in [4.69, 9.17) is 9.47 Å². The van der Waals surface area contributed by atoms with E-state index in [9.17, 15) is 14.4 Å². The molecule has 0 atom stereocenters. The van der Waals surface area contributed by atoms with Gasteiger partial charge in [0.2, 0.25) is 0 Å². The second-order valence-corrected chi connectivity index (χ2v) is 5.03. The maximum absolute atomic E-state index is 12.1. The van der Waals surface area contributed by atoms with Crippen LogP contribution in [0.3, 0.4) is 0 Å². The van der Waals surface area contributed by atoms with E-state index in [1.807, 2.05) is 6.92 Å². The first-order chi connectivity index (χ1) is 12.0. The molecule has 130 valence electrons. The minimum atomic E-state index is -0.595. The molecule has 0 N–H and O–H groups in total. The van der Waals surface area contributed by atoms with Gasteiger partial charge in [0.25, 0.3) is 0 Å². The summed E-state index contributed by atoms with van der Waals surface area (Å²) < 4.78 is 14.9. The van der Waals surface area contributed by atoms with Gasteiger partial charge in [0, 0.05) is 5.56 Å². The van der Waals surface area contributed by atoms with Crippen molar-refractivity contribution in [3.63, 3.8) is 0 Å². The molecule has 25 heavy (non-hydrogen) atoms. The zero-order valence-electron chi connectivity index (χ0n) is 14.0. The summed E-state index contributed by atoms with van der Waals surface area (Å²) in [5.74, 6) is -0.792. The summed E-state index contributed by atoms with van der Waals surface area (Å²) in [4.78, 5) is 35.4. The molecule has 0 bridgehead atoms. The van der Waals surface area contributed by atoms with Crippen molar-refractivity contribution < 1.29 is 28.6 Å². The minimum Gasteiger partial charge on any atom is -0.494 e. The van der Waals surface area contributed by atoms with Crippen LogP contribution >= 0.6 is 0 Å². The van der Waals surface area contributed by atoms with Gasteiger partial charge in [-0.05, 0) is 43.3 Å². The van der Waals surface area contributed by atoms with Crippen LogP contribution in [-0.2, 0) is 9.47 Å². The third-order valence-electron chi connectivity index (χ3n) is 3.36. The summed E-state index contributed by atoms with van der Waals surface area (Å²) in [6, 6.07) is 12.4. The van der Waals surface area contributed by atoms with E-state index in [0.717, 1.165) is 0 Å². The number of methoxy groups -OCH3 is 1. The molecular weight excluding hydrogens is 324 g/mol. The lowest BCUT2D eigenvalue weighted by Crippen LogP contribution is -2.14. The van der Waals surface area contributed by atoms with Crippen molar-refractivity contribution >= 4 is 17.7 Å². The Morgan fingerprint density at radius 3 is 1.88 bits per heavy atom. The first-order valence-corrected chi connectivity index (χ1v) is 7.66. The maximum Gasteiger partial charge on any atom is 0.338 e. The van der Waals surface area contributed by atoms with Gasteiger partial charge in [-0.15, -0.1) is 0 Å². The van der Waals surface area contributed by atoms with E-state index < -0.39 is 11.9 Å². The molecule has 0 spiro atoms. The fourth-order valence-corrected chi connectivity index (χ4v) is 2.06. The quantitative estimate of drug-likeness (QED) is 0.569. The molecule has 0 unspecified atom stereocenters. The van der Waals surface area contributed by atoms with Crippen LogP contribution in [0.2, 0.25) is 0 Å². The summed E-state index contributed by atoms with van der Waals surface area (Å²) in [5.41, 5.74) is 1.01. The molecule has 0 aliphatic rings. The first kappa shape index (κ1) is 18.2. The van der Waals surface area contributed by atoms with E-state index in [1.54, 1.807) is 24.3 Å². The predicted octanol–water partition coefficient (Wildman–Crippen LogP) is 2.91. The second-order valence-electron chi connectivity index (χ2n) is 5.03. The topological polar surface area (TPSA) is 78.9 Å². The van der Waals surface area contributed by atoms with Gasteiger partial charge in [0.05, 0.1) is 24.8 Å². The highest BCUT2D eigenvalue weighted by Gasteiger charge is 2.13. The number of carbonyl (C=O) groups excluding carboxylic acids is 3. The number of esters is 2. The molecule has 0 saturated carbocycles. The number of ether oxygens (including phenoxy) is 3. The van der Waals surface area contributed by atoms with E-state index >= 15 is 0 Å². The number of Topliss-reactive ketones (excluding diaryl/α,β-unsaturated/α-hetero) is 1. The summed E-state index contributed by atoms with van der Waals surface area (Å²) >= 11 is 0. The van der Waals surface area contributed by atoms with Crippen molar-refractivity contribution in [1.82, 2.24) is 0 Å². The predicted molar refractivity (Wildman–Crippen MR) is 90.0 cm³/mol.